The second-order valence-electron chi connectivity index (χ2n) is 8.47. The van der Waals surface area contributed by atoms with Crippen LogP contribution in [0.3, 0.4) is 0 Å². The summed E-state index contributed by atoms with van der Waals surface area (Å²) in [5.41, 5.74) is -0.413. The van der Waals surface area contributed by atoms with Crippen LogP contribution in [0, 0.1) is 22.2 Å². The highest BCUT2D eigenvalue weighted by molar-refractivity contribution is 8.26. The quantitative estimate of drug-likeness (QED) is 0.514. The average Bonchev–Trinajstić information content (AvgIpc) is 2.94. The highest BCUT2D eigenvalue weighted by Crippen LogP contribution is 2.32. The van der Waals surface area contributed by atoms with Gasteiger partial charge in [-0.05, 0) is 12.8 Å². The Kier molecular flexibility index (Phi) is 6.79. The van der Waals surface area contributed by atoms with Crippen molar-refractivity contribution >= 4 is 21.8 Å². The zero-order chi connectivity index (χ0) is 18.7. The van der Waals surface area contributed by atoms with Gasteiger partial charge >= 0.3 is 0 Å². The van der Waals surface area contributed by atoms with Crippen LogP contribution in [0.1, 0.15) is 85.9 Å². The zero-order valence-electron chi connectivity index (χ0n) is 16.3. The van der Waals surface area contributed by atoms with Crippen LogP contribution in [0.15, 0.2) is 4.42 Å². The van der Waals surface area contributed by atoms with E-state index in [-0.39, 0.29) is 22.7 Å². The fourth-order valence-electron chi connectivity index (χ4n) is 1.92. The molecule has 1 unspecified atom stereocenters. The molecule has 0 aliphatic rings. The molecule has 0 aliphatic heterocycles. The summed E-state index contributed by atoms with van der Waals surface area (Å²) in [6.45, 7) is 16.3. The first kappa shape index (κ1) is 20.9. The van der Waals surface area contributed by atoms with Crippen molar-refractivity contribution in [1.82, 2.24) is 10.2 Å². The number of aromatic nitrogens is 2. The molecule has 0 aromatic carbocycles. The number of hydrogen-bond donors (Lipinski definition) is 2. The molecule has 0 radical (unpaired) electrons. The van der Waals surface area contributed by atoms with E-state index in [1.54, 1.807) is 0 Å². The maximum Gasteiger partial charge on any atom is 0.222 e. The Morgan fingerprint density at radius 1 is 1.08 bits per heavy atom. The summed E-state index contributed by atoms with van der Waals surface area (Å²) in [4.78, 5) is 0. The van der Waals surface area contributed by atoms with Gasteiger partial charge in [-0.25, -0.2) is 0 Å². The van der Waals surface area contributed by atoms with E-state index in [0.717, 1.165) is 12.8 Å². The molecular formula is C18H32N4OS. The minimum atomic E-state index is -0.211. The predicted octanol–water partition coefficient (Wildman–Crippen LogP) is 5.62. The molecule has 24 heavy (non-hydrogen) atoms. The van der Waals surface area contributed by atoms with Crippen molar-refractivity contribution in [3.8, 4) is 0 Å². The smallest absolute Gasteiger partial charge is 0.222 e. The van der Waals surface area contributed by atoms with Crippen LogP contribution in [0.5, 0.6) is 0 Å². The molecule has 1 aromatic heterocycles. The lowest BCUT2D eigenvalue weighted by Gasteiger charge is -2.24. The van der Waals surface area contributed by atoms with Crippen molar-refractivity contribution in [2.45, 2.75) is 79.6 Å². The number of hydrogen-bond acceptors (Lipinski definition) is 6. The third-order valence-electron chi connectivity index (χ3n) is 4.06. The standard InChI is InChI=1S/C18H32N4OS/c1-11(2)14-21-22-16(23-14)18(7,8)10-9-12(3)13(19)24-15(20)17(4,5)6/h11-12,19-20H,9-10H2,1-8H3. The molecule has 0 spiro atoms. The molecule has 0 bridgehead atoms. The maximum absolute atomic E-state index is 8.25. The molecule has 0 aliphatic carbocycles. The molecule has 1 rings (SSSR count). The molecular weight excluding hydrogens is 320 g/mol. The van der Waals surface area contributed by atoms with Crippen LogP contribution in [0.2, 0.25) is 0 Å². The van der Waals surface area contributed by atoms with Crippen LogP contribution >= 0.6 is 11.8 Å². The molecule has 1 aromatic rings. The summed E-state index contributed by atoms with van der Waals surface area (Å²) in [5, 5.41) is 25.7. The fourth-order valence-corrected chi connectivity index (χ4v) is 2.77. The number of nitrogens with zero attached hydrogens (tertiary/aromatic N) is 2. The first-order valence-corrected chi connectivity index (χ1v) is 9.35. The third-order valence-corrected chi connectivity index (χ3v) is 5.50. The van der Waals surface area contributed by atoms with E-state index in [0.29, 0.717) is 21.9 Å². The molecule has 2 N–H and O–H groups in total. The van der Waals surface area contributed by atoms with E-state index in [2.05, 4.69) is 31.0 Å². The Hall–Kier alpha value is -1.17. The van der Waals surface area contributed by atoms with Gasteiger partial charge in [0.05, 0.1) is 10.1 Å². The zero-order valence-corrected chi connectivity index (χ0v) is 17.1. The molecule has 136 valence electrons. The van der Waals surface area contributed by atoms with Gasteiger partial charge < -0.3 is 4.42 Å². The first-order valence-electron chi connectivity index (χ1n) is 8.53. The highest BCUT2D eigenvalue weighted by atomic mass is 32.2. The number of rotatable bonds is 6. The van der Waals surface area contributed by atoms with Gasteiger partial charge in [-0.2, -0.15) is 0 Å². The van der Waals surface area contributed by atoms with Crippen molar-refractivity contribution in [3.05, 3.63) is 11.8 Å². The number of nitrogens with one attached hydrogen (secondary N) is 2. The van der Waals surface area contributed by atoms with Crippen molar-refractivity contribution < 1.29 is 4.42 Å². The van der Waals surface area contributed by atoms with Gasteiger partial charge in [-0.3, -0.25) is 10.8 Å². The fraction of sp³-hybridized carbons (Fsp3) is 0.778. The highest BCUT2D eigenvalue weighted by Gasteiger charge is 2.29. The molecule has 5 nitrogen and oxygen atoms in total. The van der Waals surface area contributed by atoms with Crippen LogP contribution < -0.4 is 0 Å². The topological polar surface area (TPSA) is 86.6 Å². The summed E-state index contributed by atoms with van der Waals surface area (Å²) in [7, 11) is 0. The molecule has 1 heterocycles. The molecule has 0 fully saturated rings. The molecule has 0 amide bonds. The van der Waals surface area contributed by atoms with E-state index in [1.165, 1.54) is 11.8 Å². The summed E-state index contributed by atoms with van der Waals surface area (Å²) in [6.07, 6.45) is 1.72. The van der Waals surface area contributed by atoms with E-state index in [9.17, 15) is 0 Å². The second kappa shape index (κ2) is 7.81. The van der Waals surface area contributed by atoms with E-state index in [4.69, 9.17) is 15.2 Å². The van der Waals surface area contributed by atoms with Crippen molar-refractivity contribution in [2.24, 2.45) is 11.3 Å². The van der Waals surface area contributed by atoms with Gasteiger partial charge in [0, 0.05) is 22.7 Å². The maximum atomic E-state index is 8.25. The third kappa shape index (κ3) is 5.72. The first-order chi connectivity index (χ1) is 10.8. The van der Waals surface area contributed by atoms with Crippen molar-refractivity contribution in [1.29, 1.82) is 10.8 Å². The van der Waals surface area contributed by atoms with Gasteiger partial charge in [0.1, 0.15) is 0 Å². The van der Waals surface area contributed by atoms with E-state index < -0.39 is 0 Å². The summed E-state index contributed by atoms with van der Waals surface area (Å²) >= 11 is 1.28. The summed E-state index contributed by atoms with van der Waals surface area (Å²) in [5.74, 6) is 1.69. The number of thioether (sulfide) groups is 1. The van der Waals surface area contributed by atoms with Crippen molar-refractivity contribution in [2.75, 3.05) is 0 Å². The Morgan fingerprint density at radius 3 is 2.12 bits per heavy atom. The molecule has 6 heteroatoms. The van der Waals surface area contributed by atoms with Crippen LogP contribution in [0.25, 0.3) is 0 Å². The Bertz CT molecular complexity index is 584. The van der Waals surface area contributed by atoms with Gasteiger partial charge in [-0.15, -0.1) is 10.2 Å². The normalized spacial score (nSPS) is 14.0. The lowest BCUT2D eigenvalue weighted by Crippen LogP contribution is -2.22. The van der Waals surface area contributed by atoms with Crippen LogP contribution in [-0.2, 0) is 5.41 Å². The Balaban J connectivity index is 2.62. The van der Waals surface area contributed by atoms with Gasteiger partial charge in [0.25, 0.3) is 0 Å². The lowest BCUT2D eigenvalue weighted by molar-refractivity contribution is 0.319. The predicted molar refractivity (Wildman–Crippen MR) is 102 cm³/mol. The summed E-state index contributed by atoms with van der Waals surface area (Å²) in [6, 6.07) is 0. The minimum absolute atomic E-state index is 0.115. The second-order valence-corrected chi connectivity index (χ2v) is 9.52. The molecule has 0 saturated heterocycles. The molecule has 1 atom stereocenters. The van der Waals surface area contributed by atoms with Crippen molar-refractivity contribution in [3.63, 3.8) is 0 Å². The largest absolute Gasteiger partial charge is 0.424 e. The van der Waals surface area contributed by atoms with E-state index in [1.807, 2.05) is 34.6 Å². The van der Waals surface area contributed by atoms with Crippen LogP contribution in [0.4, 0.5) is 0 Å². The monoisotopic (exact) mass is 352 g/mol. The van der Waals surface area contributed by atoms with Crippen LogP contribution in [-0.4, -0.2) is 20.3 Å². The average molecular weight is 353 g/mol. The SMILES string of the molecule is CC(CCC(C)(C)c1nnc(C(C)C)o1)C(=N)SC(=N)C(C)(C)C. The van der Waals surface area contributed by atoms with Gasteiger partial charge in [0.2, 0.25) is 11.8 Å². The van der Waals surface area contributed by atoms with Gasteiger partial charge in [0.15, 0.2) is 0 Å². The van der Waals surface area contributed by atoms with Gasteiger partial charge in [-0.1, -0.05) is 67.2 Å². The Morgan fingerprint density at radius 2 is 1.67 bits per heavy atom. The Labute approximate surface area is 150 Å². The van der Waals surface area contributed by atoms with E-state index >= 15 is 0 Å². The lowest BCUT2D eigenvalue weighted by atomic mass is 9.85. The summed E-state index contributed by atoms with van der Waals surface area (Å²) < 4.78 is 5.80. The molecule has 0 saturated carbocycles. The minimum Gasteiger partial charge on any atom is -0.424 e.